The molecule has 12 nitrogen and oxygen atoms in total. The van der Waals surface area contributed by atoms with Crippen LogP contribution in [-0.4, -0.2) is 74.2 Å². The van der Waals surface area contributed by atoms with E-state index in [1.165, 1.54) is 0 Å². The Bertz CT molecular complexity index is 1490. The predicted octanol–water partition coefficient (Wildman–Crippen LogP) is 8.40. The second-order valence-electron chi connectivity index (χ2n) is 13.1. The van der Waals surface area contributed by atoms with Gasteiger partial charge >= 0.3 is 343 Å². The molecule has 0 N–H and O–H groups in total. The van der Waals surface area contributed by atoms with Gasteiger partial charge in [-0.3, -0.25) is 0 Å². The molecule has 14 heteroatoms. The molecular formula is C42H56O12Sn2. The zero-order chi connectivity index (χ0) is 41.1. The average Bonchev–Trinajstić information content (AvgIpc) is 3.20. The van der Waals surface area contributed by atoms with Gasteiger partial charge < -0.3 is 0 Å². The molecule has 2 rings (SSSR count). The Hall–Kier alpha value is -3.92. The summed E-state index contributed by atoms with van der Waals surface area (Å²) < 4.78 is 35.7. The molecule has 0 aliphatic rings. The Labute approximate surface area is 340 Å². The maximum atomic E-state index is 13.3. The molecule has 0 saturated heterocycles. The molecule has 0 spiro atoms. The van der Waals surface area contributed by atoms with Gasteiger partial charge in [-0.1, -0.05) is 0 Å². The van der Waals surface area contributed by atoms with Crippen molar-refractivity contribution in [2.75, 3.05) is 0 Å². The zero-order valence-electron chi connectivity index (χ0n) is 33.0. The van der Waals surface area contributed by atoms with Crippen LogP contribution in [0.4, 0.5) is 0 Å². The second kappa shape index (κ2) is 27.6. The summed E-state index contributed by atoms with van der Waals surface area (Å²) in [6.45, 7) is 7.94. The quantitative estimate of drug-likeness (QED) is 0.0505. The van der Waals surface area contributed by atoms with Crippen LogP contribution >= 0.6 is 0 Å². The number of benzene rings is 2. The molecule has 0 fully saturated rings. The molecule has 0 aliphatic carbocycles. The Morgan fingerprint density at radius 2 is 0.661 bits per heavy atom. The van der Waals surface area contributed by atoms with Gasteiger partial charge in [0.25, 0.3) is 0 Å². The molecule has 56 heavy (non-hydrogen) atoms. The van der Waals surface area contributed by atoms with E-state index in [2.05, 4.69) is 0 Å². The summed E-state index contributed by atoms with van der Waals surface area (Å²) in [6.07, 6.45) is 11.4. The van der Waals surface area contributed by atoms with Crippen molar-refractivity contribution in [1.29, 1.82) is 0 Å². The van der Waals surface area contributed by atoms with Crippen LogP contribution < -0.4 is 0 Å². The van der Waals surface area contributed by atoms with Crippen molar-refractivity contribution in [3.8, 4) is 0 Å². The minimum atomic E-state index is -4.49. The summed E-state index contributed by atoms with van der Waals surface area (Å²) in [5.74, 6) is -4.80. The van der Waals surface area contributed by atoms with Crippen molar-refractivity contribution in [1.82, 2.24) is 0 Å². The van der Waals surface area contributed by atoms with E-state index >= 15 is 0 Å². The monoisotopic (exact) mass is 992 g/mol. The van der Waals surface area contributed by atoms with Gasteiger partial charge in [-0.15, -0.1) is 0 Å². The van der Waals surface area contributed by atoms with Gasteiger partial charge in [0, 0.05) is 0 Å². The van der Waals surface area contributed by atoms with Gasteiger partial charge in [-0.2, -0.15) is 0 Å². The molecule has 0 heterocycles. The minimum absolute atomic E-state index is 0.0369. The van der Waals surface area contributed by atoms with Crippen molar-refractivity contribution in [3.63, 3.8) is 0 Å². The summed E-state index contributed by atoms with van der Waals surface area (Å²) in [7, 11) is 0. The van der Waals surface area contributed by atoms with Gasteiger partial charge in [0.2, 0.25) is 0 Å². The Morgan fingerprint density at radius 3 is 0.911 bits per heavy atom. The first-order valence-electron chi connectivity index (χ1n) is 19.3. The Kier molecular flexibility index (Phi) is 23.8. The molecule has 0 bridgehead atoms. The second-order valence-corrected chi connectivity index (χ2v) is 31.5. The molecule has 0 unspecified atom stereocenters. The molecule has 304 valence electrons. The summed E-state index contributed by atoms with van der Waals surface area (Å²) in [5, 5.41) is 0. The number of unbranched alkanes of at least 4 members (excludes halogenated alkanes) is 4. The van der Waals surface area contributed by atoms with Crippen LogP contribution in [0.1, 0.15) is 90.2 Å². The molecule has 2 aromatic carbocycles. The van der Waals surface area contributed by atoms with Crippen LogP contribution in [0.25, 0.3) is 0 Å². The van der Waals surface area contributed by atoms with Gasteiger partial charge in [0.1, 0.15) is 0 Å². The Balaban J connectivity index is 2.16. The van der Waals surface area contributed by atoms with Crippen LogP contribution in [0.5, 0.6) is 0 Å². The van der Waals surface area contributed by atoms with E-state index in [0.717, 1.165) is 73.3 Å². The number of carbonyl (C=O) groups is 6. The average molecular weight is 990 g/mol. The third-order valence-electron chi connectivity index (χ3n) is 8.31. The van der Waals surface area contributed by atoms with E-state index in [9.17, 15) is 28.8 Å². The normalized spacial score (nSPS) is 11.7. The summed E-state index contributed by atoms with van der Waals surface area (Å²) in [4.78, 5) is 77.1. The first-order chi connectivity index (χ1) is 27.0. The van der Waals surface area contributed by atoms with Crippen LogP contribution in [0.15, 0.2) is 97.1 Å². The van der Waals surface area contributed by atoms with Crippen molar-refractivity contribution >= 4 is 74.2 Å². The van der Waals surface area contributed by atoms with Crippen LogP contribution in [0, 0.1) is 0 Å². The molecule has 0 radical (unpaired) electrons. The number of hydrogen-bond donors (Lipinski definition) is 0. The van der Waals surface area contributed by atoms with E-state index in [4.69, 9.17) is 21.8 Å². The van der Waals surface area contributed by atoms with E-state index in [0.29, 0.717) is 43.4 Å². The van der Waals surface area contributed by atoms with Gasteiger partial charge in [-0.05, 0) is 0 Å². The van der Waals surface area contributed by atoms with Crippen molar-refractivity contribution in [2.45, 2.75) is 110 Å². The fourth-order valence-corrected chi connectivity index (χ4v) is 24.5. The third kappa shape index (κ3) is 20.3. The van der Waals surface area contributed by atoms with E-state index in [1.807, 2.05) is 64.1 Å². The number of esters is 2. The SMILES string of the molecule is CCC[CH2][Sn]([CH2]CCC)([O]C(=O)C=CC(=O)OCc1ccccc1)[O]C(=O)/C=C\C(=O)[O][Sn]([CH2]CCC)([CH2]CCC)[O]C(=O)C=CC(=O)OCc1ccccc1. The molecule has 0 aliphatic heterocycles. The van der Waals surface area contributed by atoms with Crippen molar-refractivity contribution in [3.05, 3.63) is 108 Å². The fraction of sp³-hybridized carbons (Fsp3) is 0.429. The predicted molar refractivity (Wildman–Crippen MR) is 215 cm³/mol. The fourth-order valence-electron chi connectivity index (χ4n) is 5.32. The third-order valence-corrected chi connectivity index (χ3v) is 27.6. The molecular weight excluding hydrogens is 934 g/mol. The van der Waals surface area contributed by atoms with Crippen molar-refractivity contribution < 1.29 is 50.5 Å². The van der Waals surface area contributed by atoms with E-state index < -0.39 is 74.2 Å². The summed E-state index contributed by atoms with van der Waals surface area (Å²) in [6, 6.07) is 18.2. The van der Waals surface area contributed by atoms with Gasteiger partial charge in [0.15, 0.2) is 0 Å². The van der Waals surface area contributed by atoms with Gasteiger partial charge in [0.05, 0.1) is 0 Å². The van der Waals surface area contributed by atoms with Crippen LogP contribution in [-0.2, 0) is 63.8 Å². The van der Waals surface area contributed by atoms with E-state index in [-0.39, 0.29) is 13.2 Å². The molecule has 0 amide bonds. The standard InChI is InChI=1S/2C11H10O4.C4H4O4.4C4H9.2Sn/c2*12-10(13)6-7-11(14)15-8-9-4-2-1-3-5-9;5-3(6)1-2-4(7)8;4*1-3-4-2;;/h2*1-7H,8H2,(H,12,13);1-2H,(H,5,6)(H,7,8);4*1,3-4H2,2H3;;/q;;;;;;;2*+2/p-4/b;;2-1-;;;;;;. The van der Waals surface area contributed by atoms with Crippen LogP contribution in [0.2, 0.25) is 17.7 Å². The van der Waals surface area contributed by atoms with Gasteiger partial charge in [-0.25, -0.2) is 0 Å². The maximum absolute atomic E-state index is 13.3. The topological polar surface area (TPSA) is 158 Å². The summed E-state index contributed by atoms with van der Waals surface area (Å²) in [5.41, 5.74) is 1.58. The Morgan fingerprint density at radius 1 is 0.411 bits per heavy atom. The molecule has 0 saturated carbocycles. The van der Waals surface area contributed by atoms with Crippen LogP contribution in [0.3, 0.4) is 0 Å². The first kappa shape index (κ1) is 48.2. The summed E-state index contributed by atoms with van der Waals surface area (Å²) >= 11 is -8.98. The number of carbonyl (C=O) groups excluding carboxylic acids is 6. The zero-order valence-corrected chi connectivity index (χ0v) is 38.7. The molecule has 2 aromatic rings. The number of rotatable bonds is 26. The molecule has 0 aromatic heterocycles. The number of ether oxygens (including phenoxy) is 2. The van der Waals surface area contributed by atoms with Crippen molar-refractivity contribution in [2.24, 2.45) is 0 Å². The molecule has 0 atom stereocenters. The first-order valence-corrected chi connectivity index (χ1v) is 32.1. The number of hydrogen-bond acceptors (Lipinski definition) is 12. The van der Waals surface area contributed by atoms with E-state index in [1.54, 1.807) is 24.3 Å².